The summed E-state index contributed by atoms with van der Waals surface area (Å²) in [7, 11) is 0. The number of unbranched alkanes of at least 4 members (excludes halogenated alkanes) is 12. The average Bonchev–Trinajstić information content (AvgIpc) is 0.759. The summed E-state index contributed by atoms with van der Waals surface area (Å²) >= 11 is 0. The minimum Gasteiger partial charge on any atom is -0.493 e. The Morgan fingerprint density at radius 2 is 0.317 bits per heavy atom. The van der Waals surface area contributed by atoms with E-state index in [4.69, 9.17) is 28.4 Å². The van der Waals surface area contributed by atoms with Gasteiger partial charge in [0.05, 0.1) is 73.0 Å². The number of rotatable bonds is 54. The Balaban J connectivity index is 1.54. The fraction of sp³-hybridized carbons (Fsp3) is 0.550. The molecule has 0 fully saturated rings. The Bertz CT molecular complexity index is 4000. The van der Waals surface area contributed by atoms with Crippen LogP contribution in [-0.2, 0) is 0 Å². The molecule has 0 bridgehead atoms. The standard InChI is InChI=1S/C120H162O6/c1-19-25-31-43-91(7)49-37-79-121-115-73-61-103(85-97(115)13)55-67-109-110(68-56-104-62-74-116(98(14)86-104)122-80-38-50-92(8)44-32-26-20-2)112(70-58-106-64-76-118(100(16)88-106)124-82-40-52-94(10)46-34-28-22-4)114(72-60-108-66-78-120(102(18)90-108)126-84-42-54-96(12)48-36-30-24-6)113(71-59-107-65-77-119(101(17)89-107)125-83-41-53-95(11)47-35-29-23-5)111(109)69-57-105-63-75-117(99(15)87-105)123-81-39-51-93(9)45-33-27-21-3/h61-66,73-78,85-96H,19-54,79-84H2,1-18H3. The third-order valence-electron chi connectivity index (χ3n) is 24.9. The molecule has 0 N–H and O–H groups in total. The highest BCUT2D eigenvalue weighted by molar-refractivity contribution is 5.79. The zero-order chi connectivity index (χ0) is 90.5. The van der Waals surface area contributed by atoms with E-state index in [9.17, 15) is 0 Å². The van der Waals surface area contributed by atoms with Gasteiger partial charge in [-0.25, -0.2) is 0 Å². The molecule has 6 unspecified atom stereocenters. The van der Waals surface area contributed by atoms with Gasteiger partial charge in [-0.05, 0) is 297 Å². The molecule has 0 spiro atoms. The molecule has 126 heavy (non-hydrogen) atoms. The highest BCUT2D eigenvalue weighted by Crippen LogP contribution is 2.33. The van der Waals surface area contributed by atoms with Crippen LogP contribution in [0.25, 0.3) is 0 Å². The monoisotopic (exact) mass is 1700 g/mol. The van der Waals surface area contributed by atoms with Crippen LogP contribution >= 0.6 is 0 Å². The molecule has 0 aliphatic heterocycles. The molecule has 0 amide bonds. The predicted octanol–water partition coefficient (Wildman–Crippen LogP) is 32.2. The summed E-state index contributed by atoms with van der Waals surface area (Å²) in [6.45, 7) is 44.6. The summed E-state index contributed by atoms with van der Waals surface area (Å²) in [5, 5.41) is 0. The van der Waals surface area contributed by atoms with Gasteiger partial charge in [-0.1, -0.05) is 308 Å². The maximum Gasteiger partial charge on any atom is 0.122 e. The Morgan fingerprint density at radius 3 is 0.444 bits per heavy atom. The highest BCUT2D eigenvalue weighted by Gasteiger charge is 2.22. The topological polar surface area (TPSA) is 55.4 Å². The van der Waals surface area contributed by atoms with Crippen LogP contribution in [0, 0.1) is 148 Å². The second-order valence-corrected chi connectivity index (χ2v) is 37.2. The molecule has 7 aromatic carbocycles. The number of ether oxygens (including phenoxy) is 6. The van der Waals surface area contributed by atoms with Crippen LogP contribution in [0.3, 0.4) is 0 Å². The lowest BCUT2D eigenvalue weighted by Gasteiger charge is -2.14. The van der Waals surface area contributed by atoms with Crippen molar-refractivity contribution in [2.75, 3.05) is 39.6 Å². The van der Waals surface area contributed by atoms with Crippen molar-refractivity contribution >= 4 is 0 Å². The molecule has 0 radical (unpaired) electrons. The summed E-state index contributed by atoms with van der Waals surface area (Å²) < 4.78 is 39.4. The molecule has 678 valence electrons. The smallest absolute Gasteiger partial charge is 0.122 e. The lowest BCUT2D eigenvalue weighted by Crippen LogP contribution is -2.05. The molecule has 0 saturated carbocycles. The SMILES string of the molecule is CCCCCC(C)CCCOc1ccc(C#Cc2c(C#Cc3ccc(OCCCC(C)CCCCC)c(C)c3)c(C#Cc3ccc(OCCCC(C)CCCCC)c(C)c3)c(C#Cc3ccc(OCCCC(C)CCCCC)c(C)c3)c(C#Cc3ccc(OCCCC(C)CCCCC)c(C)c3)c2C#Cc2ccc(OCCCC(C)CCCCC)c(C)c2)cc1C. The summed E-state index contributed by atoms with van der Waals surface area (Å²) in [6.07, 6.45) is 43.3. The number of hydrogen-bond acceptors (Lipinski definition) is 6. The summed E-state index contributed by atoms with van der Waals surface area (Å²) in [4.78, 5) is 0. The van der Waals surface area contributed by atoms with Crippen molar-refractivity contribution in [3.05, 3.63) is 209 Å². The quantitative estimate of drug-likeness (QED) is 0.0280. The van der Waals surface area contributed by atoms with Crippen LogP contribution in [0.4, 0.5) is 0 Å². The molecule has 6 atom stereocenters. The molecule has 0 aliphatic rings. The molecule has 7 rings (SSSR count). The lowest BCUT2D eigenvalue weighted by atomic mass is 9.86. The highest BCUT2D eigenvalue weighted by atomic mass is 16.5. The van der Waals surface area contributed by atoms with E-state index in [1.54, 1.807) is 0 Å². The van der Waals surface area contributed by atoms with Crippen LogP contribution in [0.15, 0.2) is 109 Å². The Kier molecular flexibility index (Phi) is 49.8. The molecule has 0 saturated heterocycles. The average molecular weight is 1700 g/mol. The van der Waals surface area contributed by atoms with E-state index in [1.165, 1.54) is 154 Å². The molecular formula is C120H162O6. The van der Waals surface area contributed by atoms with Gasteiger partial charge in [-0.2, -0.15) is 0 Å². The lowest BCUT2D eigenvalue weighted by molar-refractivity contribution is 0.289. The van der Waals surface area contributed by atoms with Crippen molar-refractivity contribution in [2.24, 2.45) is 35.5 Å². The molecule has 7 aromatic rings. The Hall–Kier alpha value is -9.30. The fourth-order valence-corrected chi connectivity index (χ4v) is 16.6. The van der Waals surface area contributed by atoms with Crippen LogP contribution < -0.4 is 28.4 Å². The van der Waals surface area contributed by atoms with Gasteiger partial charge >= 0.3 is 0 Å². The first kappa shape index (κ1) is 104. The van der Waals surface area contributed by atoms with Gasteiger partial charge in [-0.3, -0.25) is 0 Å². The molecule has 6 nitrogen and oxygen atoms in total. The van der Waals surface area contributed by atoms with E-state index in [2.05, 4.69) is 305 Å². The third-order valence-corrected chi connectivity index (χ3v) is 24.9. The summed E-state index contributed by atoms with van der Waals surface area (Å²) in [6, 6.07) is 37.7. The normalized spacial score (nSPS) is 12.3. The van der Waals surface area contributed by atoms with Crippen LogP contribution in [0.1, 0.15) is 414 Å². The number of benzene rings is 7. The number of hydrogen-bond donors (Lipinski definition) is 0. The van der Waals surface area contributed by atoms with E-state index in [1.807, 2.05) is 0 Å². The van der Waals surface area contributed by atoms with Gasteiger partial charge in [0.25, 0.3) is 0 Å². The van der Waals surface area contributed by atoms with Crippen LogP contribution in [-0.4, -0.2) is 39.6 Å². The zero-order valence-corrected chi connectivity index (χ0v) is 82.0. The maximum atomic E-state index is 6.57. The third kappa shape index (κ3) is 39.1. The summed E-state index contributed by atoms with van der Waals surface area (Å²) in [5.41, 5.74) is 14.5. The van der Waals surface area contributed by atoms with E-state index in [-0.39, 0.29) is 0 Å². The Morgan fingerprint density at radius 1 is 0.183 bits per heavy atom. The molecule has 0 heterocycles. The fourth-order valence-electron chi connectivity index (χ4n) is 16.6. The van der Waals surface area contributed by atoms with Gasteiger partial charge in [-0.15, -0.1) is 0 Å². The Labute approximate surface area is 769 Å². The first-order chi connectivity index (χ1) is 61.2. The largest absolute Gasteiger partial charge is 0.493 e. The molecule has 0 aromatic heterocycles. The summed E-state index contributed by atoms with van der Waals surface area (Å²) in [5.74, 6) is 54.4. The van der Waals surface area contributed by atoms with Crippen molar-refractivity contribution in [1.29, 1.82) is 0 Å². The van der Waals surface area contributed by atoms with Crippen LogP contribution in [0.2, 0.25) is 0 Å². The first-order valence-corrected chi connectivity index (χ1v) is 50.0. The van der Waals surface area contributed by atoms with Gasteiger partial charge in [0.15, 0.2) is 0 Å². The maximum absolute atomic E-state index is 6.57. The minimum atomic E-state index is 0.591. The van der Waals surface area contributed by atoms with E-state index in [0.717, 1.165) is 178 Å². The predicted molar refractivity (Wildman–Crippen MR) is 538 cm³/mol. The molecule has 0 aliphatic carbocycles. The van der Waals surface area contributed by atoms with Crippen molar-refractivity contribution in [2.45, 2.75) is 356 Å². The van der Waals surface area contributed by atoms with Crippen molar-refractivity contribution < 1.29 is 28.4 Å². The van der Waals surface area contributed by atoms with E-state index < -0.39 is 0 Å². The van der Waals surface area contributed by atoms with Crippen LogP contribution in [0.5, 0.6) is 34.5 Å². The van der Waals surface area contributed by atoms with Crippen molar-refractivity contribution in [3.8, 4) is 106 Å². The van der Waals surface area contributed by atoms with E-state index >= 15 is 0 Å². The van der Waals surface area contributed by atoms with E-state index in [0.29, 0.717) is 109 Å². The van der Waals surface area contributed by atoms with Gasteiger partial charge in [0.2, 0.25) is 0 Å². The number of aryl methyl sites for hydroxylation is 6. The van der Waals surface area contributed by atoms with Gasteiger partial charge in [0.1, 0.15) is 34.5 Å². The zero-order valence-electron chi connectivity index (χ0n) is 82.0. The van der Waals surface area contributed by atoms with Crippen molar-refractivity contribution in [1.82, 2.24) is 0 Å². The second kappa shape index (κ2) is 60.4. The van der Waals surface area contributed by atoms with Crippen molar-refractivity contribution in [3.63, 3.8) is 0 Å². The van der Waals surface area contributed by atoms with Gasteiger partial charge in [0, 0.05) is 33.4 Å². The molecular weight excluding hydrogens is 1540 g/mol. The second-order valence-electron chi connectivity index (χ2n) is 37.2. The van der Waals surface area contributed by atoms with Gasteiger partial charge < -0.3 is 28.4 Å². The first-order valence-electron chi connectivity index (χ1n) is 50.0. The molecule has 6 heteroatoms. The minimum absolute atomic E-state index is 0.591.